The van der Waals surface area contributed by atoms with E-state index in [1.165, 1.54) is 21.6 Å². The van der Waals surface area contributed by atoms with Crippen LogP contribution in [0.4, 0.5) is 5.69 Å². The monoisotopic (exact) mass is 382 g/mol. The number of rotatable bonds is 4. The van der Waals surface area contributed by atoms with Crippen molar-refractivity contribution in [2.24, 2.45) is 0 Å². The van der Waals surface area contributed by atoms with E-state index in [0.29, 0.717) is 5.78 Å². The lowest BCUT2D eigenvalue weighted by Gasteiger charge is -2.26. The van der Waals surface area contributed by atoms with E-state index in [0.717, 1.165) is 36.6 Å². The van der Waals surface area contributed by atoms with Crippen LogP contribution in [0.1, 0.15) is 27.4 Å². The summed E-state index contributed by atoms with van der Waals surface area (Å²) >= 11 is 2.00. The van der Waals surface area contributed by atoms with E-state index < -0.39 is 0 Å². The predicted molar refractivity (Wildman–Crippen MR) is 107 cm³/mol. The van der Waals surface area contributed by atoms with Gasteiger partial charge in [0.25, 0.3) is 11.7 Å². The second kappa shape index (κ2) is 7.66. The van der Waals surface area contributed by atoms with Gasteiger partial charge in [0.1, 0.15) is 0 Å². The van der Waals surface area contributed by atoms with Crippen LogP contribution in [0, 0.1) is 13.8 Å². The molecule has 1 N–H and O–H groups in total. The predicted octanol–water partition coefficient (Wildman–Crippen LogP) is 2.54. The third-order valence-electron chi connectivity index (χ3n) is 4.61. The number of thioether (sulfide) groups is 1. The molecule has 0 unspecified atom stereocenters. The van der Waals surface area contributed by atoms with Crippen LogP contribution in [0.3, 0.4) is 0 Å². The number of hydrogen-bond donors (Lipinski definition) is 1. The Morgan fingerprint density at radius 1 is 1.19 bits per heavy atom. The Kier molecular flexibility index (Phi) is 5.09. The van der Waals surface area contributed by atoms with Crippen molar-refractivity contribution >= 4 is 29.1 Å². The van der Waals surface area contributed by atoms with Gasteiger partial charge in [0.05, 0.1) is 0 Å². The van der Waals surface area contributed by atoms with Crippen molar-refractivity contribution in [2.45, 2.75) is 20.4 Å². The van der Waals surface area contributed by atoms with E-state index in [4.69, 9.17) is 0 Å². The molecule has 3 aromatic rings. The maximum Gasteiger partial charge on any atom is 0.295 e. The Bertz CT molecular complexity index is 979. The zero-order valence-corrected chi connectivity index (χ0v) is 16.3. The molecule has 0 atom stereocenters. The minimum Gasteiger partial charge on any atom is -0.319 e. The number of hydrogen-bond acceptors (Lipinski definition) is 6. The van der Waals surface area contributed by atoms with Gasteiger partial charge in [0.2, 0.25) is 5.82 Å². The molecule has 27 heavy (non-hydrogen) atoms. The van der Waals surface area contributed by atoms with Gasteiger partial charge in [-0.1, -0.05) is 12.1 Å². The minimum atomic E-state index is -0.326. The molecule has 1 fully saturated rings. The van der Waals surface area contributed by atoms with Gasteiger partial charge in [-0.25, -0.2) is 9.50 Å². The van der Waals surface area contributed by atoms with Gasteiger partial charge in [0.15, 0.2) is 0 Å². The van der Waals surface area contributed by atoms with E-state index in [1.807, 2.05) is 43.8 Å². The van der Waals surface area contributed by atoms with E-state index in [1.54, 1.807) is 6.20 Å². The Morgan fingerprint density at radius 2 is 2.00 bits per heavy atom. The van der Waals surface area contributed by atoms with E-state index in [-0.39, 0.29) is 11.7 Å². The Labute approximate surface area is 162 Å². The number of amides is 1. The third-order valence-corrected chi connectivity index (χ3v) is 5.55. The number of aromatic nitrogens is 4. The molecule has 3 heterocycles. The topological polar surface area (TPSA) is 75.4 Å². The van der Waals surface area contributed by atoms with Crippen molar-refractivity contribution in [3.05, 3.63) is 53.1 Å². The lowest BCUT2D eigenvalue weighted by molar-refractivity contribution is 0.101. The van der Waals surface area contributed by atoms with Crippen molar-refractivity contribution in [1.29, 1.82) is 0 Å². The first-order chi connectivity index (χ1) is 13.1. The molecule has 4 rings (SSSR count). The number of carbonyl (C=O) groups excluding carboxylic acids is 1. The first kappa shape index (κ1) is 17.9. The summed E-state index contributed by atoms with van der Waals surface area (Å²) in [5.74, 6) is 2.58. The first-order valence-electron chi connectivity index (χ1n) is 8.99. The van der Waals surface area contributed by atoms with Crippen molar-refractivity contribution in [2.75, 3.05) is 29.9 Å². The van der Waals surface area contributed by atoms with Crippen LogP contribution >= 0.6 is 11.8 Å². The van der Waals surface area contributed by atoms with Gasteiger partial charge in [-0.05, 0) is 37.1 Å². The summed E-state index contributed by atoms with van der Waals surface area (Å²) in [5, 5.41) is 7.17. The fourth-order valence-electron chi connectivity index (χ4n) is 3.06. The van der Waals surface area contributed by atoms with Crippen LogP contribution in [0.25, 0.3) is 5.78 Å². The molecule has 1 aromatic carbocycles. The normalized spacial score (nSPS) is 15.2. The standard InChI is InChI=1S/C19H22N6OS/c1-13-3-4-15(12-24-7-9-27-10-8-24)11-16(13)21-18(26)17-22-19-20-14(2)5-6-25(19)23-17/h3-6,11H,7-10,12H2,1-2H3,(H,21,26). The largest absolute Gasteiger partial charge is 0.319 e. The number of nitrogens with one attached hydrogen (secondary N) is 1. The second-order valence-corrected chi connectivity index (χ2v) is 7.97. The lowest BCUT2D eigenvalue weighted by Crippen LogP contribution is -2.32. The smallest absolute Gasteiger partial charge is 0.295 e. The molecule has 0 spiro atoms. The Morgan fingerprint density at radius 3 is 2.81 bits per heavy atom. The number of anilines is 1. The van der Waals surface area contributed by atoms with Gasteiger partial charge in [-0.2, -0.15) is 16.7 Å². The maximum atomic E-state index is 12.6. The average molecular weight is 382 g/mol. The average Bonchev–Trinajstić information content (AvgIpc) is 3.08. The van der Waals surface area contributed by atoms with Crippen LogP contribution in [-0.2, 0) is 6.54 Å². The zero-order valence-electron chi connectivity index (χ0n) is 15.5. The highest BCUT2D eigenvalue weighted by Crippen LogP contribution is 2.20. The maximum absolute atomic E-state index is 12.6. The fourth-order valence-corrected chi connectivity index (χ4v) is 4.04. The molecule has 140 valence electrons. The van der Waals surface area contributed by atoms with Crippen molar-refractivity contribution < 1.29 is 4.79 Å². The summed E-state index contributed by atoms with van der Waals surface area (Å²) < 4.78 is 1.51. The molecule has 1 aliphatic rings. The molecule has 0 aliphatic carbocycles. The van der Waals surface area contributed by atoms with Crippen LogP contribution in [0.2, 0.25) is 0 Å². The molecule has 0 bridgehead atoms. The fraction of sp³-hybridized carbons (Fsp3) is 0.368. The van der Waals surface area contributed by atoms with Crippen LogP contribution in [0.15, 0.2) is 30.5 Å². The van der Waals surface area contributed by atoms with Crippen LogP contribution < -0.4 is 5.32 Å². The third kappa shape index (κ3) is 4.12. The Balaban J connectivity index is 1.51. The summed E-state index contributed by atoms with van der Waals surface area (Å²) in [5.41, 5.74) is 3.84. The van der Waals surface area contributed by atoms with Gasteiger partial charge in [-0.3, -0.25) is 9.69 Å². The number of nitrogens with zero attached hydrogens (tertiary/aromatic N) is 5. The molecule has 0 saturated carbocycles. The second-order valence-electron chi connectivity index (χ2n) is 6.74. The van der Waals surface area contributed by atoms with Gasteiger partial charge < -0.3 is 5.32 Å². The molecule has 8 heteroatoms. The quantitative estimate of drug-likeness (QED) is 0.747. The SMILES string of the molecule is Cc1ccn2nc(C(=O)Nc3cc(CN4CCSCC4)ccc3C)nc2n1. The highest BCUT2D eigenvalue weighted by Gasteiger charge is 2.16. The molecular formula is C19H22N6OS. The molecule has 0 radical (unpaired) electrons. The van der Waals surface area contributed by atoms with Crippen LogP contribution in [0.5, 0.6) is 0 Å². The molecule has 7 nitrogen and oxygen atoms in total. The number of carbonyl (C=O) groups is 1. The molecule has 1 amide bonds. The van der Waals surface area contributed by atoms with Crippen molar-refractivity contribution in [3.63, 3.8) is 0 Å². The van der Waals surface area contributed by atoms with E-state index in [2.05, 4.69) is 31.3 Å². The summed E-state index contributed by atoms with van der Waals surface area (Å²) in [6.07, 6.45) is 1.75. The van der Waals surface area contributed by atoms with E-state index >= 15 is 0 Å². The number of aryl methyl sites for hydroxylation is 2. The highest BCUT2D eigenvalue weighted by molar-refractivity contribution is 7.99. The lowest BCUT2D eigenvalue weighted by atomic mass is 10.1. The summed E-state index contributed by atoms with van der Waals surface area (Å²) in [6.45, 7) is 6.98. The molecular weight excluding hydrogens is 360 g/mol. The zero-order chi connectivity index (χ0) is 18.8. The number of fused-ring (bicyclic) bond motifs is 1. The number of benzene rings is 1. The summed E-state index contributed by atoms with van der Waals surface area (Å²) in [6, 6.07) is 8.05. The van der Waals surface area contributed by atoms with Crippen molar-refractivity contribution in [3.8, 4) is 0 Å². The van der Waals surface area contributed by atoms with Crippen molar-refractivity contribution in [1.82, 2.24) is 24.5 Å². The molecule has 2 aromatic heterocycles. The molecule has 1 aliphatic heterocycles. The first-order valence-corrected chi connectivity index (χ1v) is 10.1. The van der Waals surface area contributed by atoms with E-state index in [9.17, 15) is 4.79 Å². The summed E-state index contributed by atoms with van der Waals surface area (Å²) in [4.78, 5) is 23.6. The van der Waals surface area contributed by atoms with Gasteiger partial charge in [-0.15, -0.1) is 5.10 Å². The summed E-state index contributed by atoms with van der Waals surface area (Å²) in [7, 11) is 0. The highest BCUT2D eigenvalue weighted by atomic mass is 32.2. The molecule has 1 saturated heterocycles. The Hall–Kier alpha value is -2.45. The van der Waals surface area contributed by atoms with Gasteiger partial charge in [0, 0.05) is 48.7 Å². The van der Waals surface area contributed by atoms with Gasteiger partial charge >= 0.3 is 0 Å². The van der Waals surface area contributed by atoms with Crippen LogP contribution in [-0.4, -0.2) is 55.0 Å². The minimum absolute atomic E-state index is 0.117.